The molecule has 0 aromatic heterocycles. The second kappa shape index (κ2) is 8.00. The van der Waals surface area contributed by atoms with Crippen molar-refractivity contribution in [3.05, 3.63) is 65.2 Å². The Morgan fingerprint density at radius 2 is 1.60 bits per heavy atom. The topological polar surface area (TPSA) is 81.7 Å². The largest absolute Gasteiger partial charge is 0.465 e. The number of para-hydroxylation sites is 1. The Kier molecular flexibility index (Phi) is 5.78. The molecule has 1 N–H and O–H groups in total. The third-order valence-corrected chi connectivity index (χ3v) is 3.11. The highest BCUT2D eigenvalue weighted by molar-refractivity contribution is 6.02. The lowest BCUT2D eigenvalue weighted by Gasteiger charge is -2.10. The van der Waals surface area contributed by atoms with Gasteiger partial charge in [-0.25, -0.2) is 18.4 Å². The number of nitrogens with one attached hydrogen (secondary N) is 1. The van der Waals surface area contributed by atoms with Crippen LogP contribution in [-0.4, -0.2) is 31.6 Å². The summed E-state index contributed by atoms with van der Waals surface area (Å²) < 4.78 is 36.1. The van der Waals surface area contributed by atoms with Gasteiger partial charge in [0.15, 0.2) is 6.61 Å². The zero-order valence-corrected chi connectivity index (χ0v) is 13.0. The number of esters is 2. The molecular weight excluding hydrogens is 336 g/mol. The number of methoxy groups -OCH3 is 1. The molecule has 2 aromatic rings. The van der Waals surface area contributed by atoms with Crippen LogP contribution in [0.3, 0.4) is 0 Å². The molecule has 0 aliphatic heterocycles. The number of carbonyl (C=O) groups is 3. The molecule has 8 heteroatoms. The van der Waals surface area contributed by atoms with E-state index in [0.717, 1.165) is 18.2 Å². The summed E-state index contributed by atoms with van der Waals surface area (Å²) in [6.07, 6.45) is 0. The maximum Gasteiger partial charge on any atom is 0.344 e. The Hall–Kier alpha value is -3.29. The van der Waals surface area contributed by atoms with Crippen molar-refractivity contribution in [2.45, 2.75) is 0 Å². The van der Waals surface area contributed by atoms with Crippen LogP contribution in [0, 0.1) is 11.6 Å². The molecule has 0 fully saturated rings. The minimum absolute atomic E-state index is 0.102. The zero-order chi connectivity index (χ0) is 18.4. The van der Waals surface area contributed by atoms with Crippen molar-refractivity contribution in [1.29, 1.82) is 0 Å². The number of hydrogen-bond donors (Lipinski definition) is 1. The highest BCUT2D eigenvalue weighted by Gasteiger charge is 2.20. The molecule has 0 radical (unpaired) electrons. The lowest BCUT2D eigenvalue weighted by atomic mass is 10.2. The number of amides is 1. The van der Waals surface area contributed by atoms with Crippen LogP contribution >= 0.6 is 0 Å². The maximum absolute atomic E-state index is 13.5. The van der Waals surface area contributed by atoms with Crippen molar-refractivity contribution < 1.29 is 32.6 Å². The lowest BCUT2D eigenvalue weighted by molar-refractivity contribution is -0.119. The quantitative estimate of drug-likeness (QED) is 0.839. The van der Waals surface area contributed by atoms with Gasteiger partial charge in [-0.3, -0.25) is 4.79 Å². The molecule has 0 bridgehead atoms. The van der Waals surface area contributed by atoms with E-state index >= 15 is 0 Å². The van der Waals surface area contributed by atoms with Crippen LogP contribution in [0.4, 0.5) is 14.5 Å². The van der Waals surface area contributed by atoms with Crippen LogP contribution in [0.25, 0.3) is 0 Å². The Balaban J connectivity index is 2.02. The van der Waals surface area contributed by atoms with E-state index in [0.29, 0.717) is 0 Å². The molecule has 2 aromatic carbocycles. The fourth-order valence-corrected chi connectivity index (χ4v) is 1.96. The summed E-state index contributed by atoms with van der Waals surface area (Å²) in [6.45, 7) is -0.790. The molecule has 0 saturated heterocycles. The van der Waals surface area contributed by atoms with Gasteiger partial charge in [0, 0.05) is 0 Å². The number of ether oxygens (including phenoxy) is 2. The van der Waals surface area contributed by atoms with Crippen LogP contribution in [0.15, 0.2) is 42.5 Å². The number of hydrogen-bond acceptors (Lipinski definition) is 5. The van der Waals surface area contributed by atoms with Crippen molar-refractivity contribution in [3.8, 4) is 0 Å². The van der Waals surface area contributed by atoms with E-state index in [9.17, 15) is 23.2 Å². The Morgan fingerprint density at radius 1 is 0.960 bits per heavy atom. The van der Waals surface area contributed by atoms with E-state index in [1.54, 1.807) is 12.1 Å². The first kappa shape index (κ1) is 18.1. The highest BCUT2D eigenvalue weighted by atomic mass is 19.1. The number of anilines is 1. The average molecular weight is 349 g/mol. The summed E-state index contributed by atoms with van der Waals surface area (Å²) in [4.78, 5) is 35.2. The molecular formula is C17H13F2NO5. The third kappa shape index (κ3) is 4.37. The monoisotopic (exact) mass is 349 g/mol. The molecule has 0 unspecified atom stereocenters. The summed E-state index contributed by atoms with van der Waals surface area (Å²) in [5.41, 5.74) is -0.637. The van der Waals surface area contributed by atoms with Gasteiger partial charge < -0.3 is 14.8 Å². The summed E-state index contributed by atoms with van der Waals surface area (Å²) in [5, 5.41) is 2.36. The minimum atomic E-state index is -1.31. The lowest BCUT2D eigenvalue weighted by Crippen LogP contribution is -2.23. The number of rotatable bonds is 5. The van der Waals surface area contributed by atoms with Crippen LogP contribution in [0.2, 0.25) is 0 Å². The highest BCUT2D eigenvalue weighted by Crippen LogP contribution is 2.16. The van der Waals surface area contributed by atoms with Crippen LogP contribution in [-0.2, 0) is 14.3 Å². The molecule has 0 spiro atoms. The fraction of sp³-hybridized carbons (Fsp3) is 0.118. The second-order valence-corrected chi connectivity index (χ2v) is 4.76. The van der Waals surface area contributed by atoms with Crippen LogP contribution in [0.1, 0.15) is 20.7 Å². The van der Waals surface area contributed by atoms with Gasteiger partial charge in [-0.05, 0) is 24.3 Å². The Labute approximate surface area is 141 Å². The third-order valence-electron chi connectivity index (χ3n) is 3.11. The van der Waals surface area contributed by atoms with Crippen molar-refractivity contribution in [2.24, 2.45) is 0 Å². The van der Waals surface area contributed by atoms with Gasteiger partial charge in [0.05, 0.1) is 18.4 Å². The maximum atomic E-state index is 13.5. The molecule has 0 saturated carbocycles. The fourth-order valence-electron chi connectivity index (χ4n) is 1.96. The van der Waals surface area contributed by atoms with Crippen molar-refractivity contribution in [2.75, 3.05) is 19.0 Å². The van der Waals surface area contributed by atoms with Gasteiger partial charge in [0.1, 0.15) is 17.2 Å². The Morgan fingerprint density at radius 3 is 2.24 bits per heavy atom. The van der Waals surface area contributed by atoms with Crippen molar-refractivity contribution in [3.63, 3.8) is 0 Å². The van der Waals surface area contributed by atoms with E-state index in [2.05, 4.69) is 14.8 Å². The smallest absolute Gasteiger partial charge is 0.344 e. The van der Waals surface area contributed by atoms with Crippen molar-refractivity contribution >= 4 is 23.5 Å². The van der Waals surface area contributed by atoms with E-state index in [1.165, 1.54) is 19.2 Å². The van der Waals surface area contributed by atoms with E-state index < -0.39 is 41.7 Å². The van der Waals surface area contributed by atoms with Gasteiger partial charge in [-0.15, -0.1) is 0 Å². The van der Waals surface area contributed by atoms with Gasteiger partial charge in [0.25, 0.3) is 5.91 Å². The molecule has 0 heterocycles. The molecule has 0 aliphatic rings. The van der Waals surface area contributed by atoms with Crippen LogP contribution in [0.5, 0.6) is 0 Å². The first-order chi connectivity index (χ1) is 11.9. The average Bonchev–Trinajstić information content (AvgIpc) is 2.59. The predicted molar refractivity (Wildman–Crippen MR) is 83.1 cm³/mol. The van der Waals surface area contributed by atoms with E-state index in [4.69, 9.17) is 0 Å². The number of halogens is 2. The van der Waals surface area contributed by atoms with Crippen molar-refractivity contribution in [1.82, 2.24) is 0 Å². The standard InChI is InChI=1S/C17H13F2NO5/c1-24-16(22)10-5-2-3-8-13(10)20-14(21)9-25-17(23)15-11(18)6-4-7-12(15)19/h2-8H,9H2,1H3,(H,20,21). The van der Waals surface area contributed by atoms with E-state index in [-0.39, 0.29) is 11.3 Å². The first-order valence-corrected chi connectivity index (χ1v) is 7.02. The molecule has 0 aliphatic carbocycles. The van der Waals surface area contributed by atoms with E-state index in [1.807, 2.05) is 0 Å². The normalized spacial score (nSPS) is 10.0. The number of benzene rings is 2. The second-order valence-electron chi connectivity index (χ2n) is 4.76. The van der Waals surface area contributed by atoms with Gasteiger partial charge in [-0.2, -0.15) is 0 Å². The molecule has 25 heavy (non-hydrogen) atoms. The van der Waals surface area contributed by atoms with Gasteiger partial charge in [0.2, 0.25) is 0 Å². The molecule has 6 nitrogen and oxygen atoms in total. The molecule has 130 valence electrons. The molecule has 1 amide bonds. The predicted octanol–water partition coefficient (Wildman–Crippen LogP) is 2.55. The first-order valence-electron chi connectivity index (χ1n) is 7.02. The van der Waals surface area contributed by atoms with Gasteiger partial charge >= 0.3 is 11.9 Å². The SMILES string of the molecule is COC(=O)c1ccccc1NC(=O)COC(=O)c1c(F)cccc1F. The number of carbonyl (C=O) groups excluding carboxylic acids is 3. The van der Waals surface area contributed by atoms with Crippen LogP contribution < -0.4 is 5.32 Å². The summed E-state index contributed by atoms with van der Waals surface area (Å²) in [6, 6.07) is 8.91. The summed E-state index contributed by atoms with van der Waals surface area (Å²) in [7, 11) is 1.19. The minimum Gasteiger partial charge on any atom is -0.465 e. The Bertz CT molecular complexity index is 802. The molecule has 2 rings (SSSR count). The van der Waals surface area contributed by atoms with Gasteiger partial charge in [-0.1, -0.05) is 18.2 Å². The molecule has 0 atom stereocenters. The summed E-state index contributed by atoms with van der Waals surface area (Å²) >= 11 is 0. The summed E-state index contributed by atoms with van der Waals surface area (Å²) in [5.74, 6) is -4.96. The zero-order valence-electron chi connectivity index (χ0n) is 13.0.